The molecule has 0 fully saturated rings. The molecule has 1 amide bonds. The number of aryl methyl sites for hydroxylation is 2. The Kier molecular flexibility index (Phi) is 5.56. The van der Waals surface area contributed by atoms with Crippen LogP contribution in [0.25, 0.3) is 0 Å². The number of thioether (sulfide) groups is 1. The number of hydrogen-bond acceptors (Lipinski definition) is 3. The summed E-state index contributed by atoms with van der Waals surface area (Å²) in [6.45, 7) is 4.76. The fourth-order valence-corrected chi connectivity index (χ4v) is 3.28. The van der Waals surface area contributed by atoms with Gasteiger partial charge < -0.3 is 9.88 Å². The van der Waals surface area contributed by atoms with Crippen LogP contribution in [0, 0.1) is 13.8 Å². The summed E-state index contributed by atoms with van der Waals surface area (Å²) in [6, 6.07) is 16.3. The second kappa shape index (κ2) is 8.03. The molecule has 4 nitrogen and oxygen atoms in total. The Bertz CT molecular complexity index is 858. The topological polar surface area (TPSA) is 46.9 Å². The summed E-state index contributed by atoms with van der Waals surface area (Å²) in [5.41, 5.74) is 4.28. The van der Waals surface area contributed by atoms with E-state index in [2.05, 4.69) is 27.0 Å². The Hall–Kier alpha value is -2.53. The van der Waals surface area contributed by atoms with Crippen LogP contribution in [0.3, 0.4) is 0 Å². The standard InChI is InChI=1S/C20H21N3OS/c1-15-8-9-16(2)18(12-15)22-19(24)14-25-20-21-10-11-23(20)13-17-6-4-3-5-7-17/h3-12H,13-14H2,1-2H3,(H,22,24). The van der Waals surface area contributed by atoms with E-state index in [4.69, 9.17) is 0 Å². The number of carbonyl (C=O) groups excluding carboxylic acids is 1. The summed E-state index contributed by atoms with van der Waals surface area (Å²) in [5, 5.41) is 3.83. The van der Waals surface area contributed by atoms with Gasteiger partial charge in [-0.05, 0) is 36.6 Å². The monoisotopic (exact) mass is 351 g/mol. The van der Waals surface area contributed by atoms with Gasteiger partial charge in [-0.3, -0.25) is 4.79 Å². The number of amides is 1. The number of benzene rings is 2. The van der Waals surface area contributed by atoms with E-state index in [9.17, 15) is 4.79 Å². The second-order valence-electron chi connectivity index (χ2n) is 5.98. The maximum absolute atomic E-state index is 12.3. The minimum atomic E-state index is -0.0204. The highest BCUT2D eigenvalue weighted by atomic mass is 32.2. The van der Waals surface area contributed by atoms with Crippen LogP contribution in [0.4, 0.5) is 5.69 Å². The van der Waals surface area contributed by atoms with Crippen LogP contribution in [0.2, 0.25) is 0 Å². The molecule has 128 valence electrons. The molecule has 1 heterocycles. The molecule has 0 spiro atoms. The fraction of sp³-hybridized carbons (Fsp3) is 0.200. The zero-order chi connectivity index (χ0) is 17.6. The van der Waals surface area contributed by atoms with Gasteiger partial charge in [-0.2, -0.15) is 0 Å². The van der Waals surface area contributed by atoms with E-state index in [1.54, 1.807) is 6.20 Å². The number of nitrogens with zero attached hydrogens (tertiary/aromatic N) is 2. The van der Waals surface area contributed by atoms with Crippen LogP contribution < -0.4 is 5.32 Å². The van der Waals surface area contributed by atoms with Crippen molar-refractivity contribution in [2.24, 2.45) is 0 Å². The highest BCUT2D eigenvalue weighted by Gasteiger charge is 2.09. The first-order chi connectivity index (χ1) is 12.1. The highest BCUT2D eigenvalue weighted by molar-refractivity contribution is 7.99. The molecule has 0 radical (unpaired) electrons. The second-order valence-corrected chi connectivity index (χ2v) is 6.92. The largest absolute Gasteiger partial charge is 0.325 e. The average molecular weight is 351 g/mol. The van der Waals surface area contributed by atoms with Gasteiger partial charge >= 0.3 is 0 Å². The van der Waals surface area contributed by atoms with Crippen molar-refractivity contribution < 1.29 is 4.79 Å². The third-order valence-electron chi connectivity index (χ3n) is 3.87. The van der Waals surface area contributed by atoms with Crippen LogP contribution in [-0.2, 0) is 11.3 Å². The molecule has 0 aliphatic rings. The van der Waals surface area contributed by atoms with E-state index in [1.807, 2.05) is 56.4 Å². The third kappa shape index (κ3) is 4.73. The molecule has 0 aliphatic heterocycles. The van der Waals surface area contributed by atoms with Gasteiger partial charge in [0, 0.05) is 24.6 Å². The Morgan fingerprint density at radius 2 is 1.96 bits per heavy atom. The molecule has 3 aromatic rings. The normalized spacial score (nSPS) is 10.6. The summed E-state index contributed by atoms with van der Waals surface area (Å²) < 4.78 is 2.06. The zero-order valence-electron chi connectivity index (χ0n) is 14.4. The minimum absolute atomic E-state index is 0.0204. The Balaban J connectivity index is 1.59. The van der Waals surface area contributed by atoms with Gasteiger partial charge in [0.05, 0.1) is 5.75 Å². The number of rotatable bonds is 6. The molecule has 0 unspecified atom stereocenters. The van der Waals surface area contributed by atoms with E-state index >= 15 is 0 Å². The molecule has 25 heavy (non-hydrogen) atoms. The lowest BCUT2D eigenvalue weighted by Crippen LogP contribution is -2.15. The molecule has 2 aromatic carbocycles. The summed E-state index contributed by atoms with van der Waals surface area (Å²) in [7, 11) is 0. The van der Waals surface area contributed by atoms with Gasteiger partial charge in [-0.15, -0.1) is 0 Å². The molecule has 0 bridgehead atoms. The molecule has 0 aliphatic carbocycles. The van der Waals surface area contributed by atoms with Crippen molar-refractivity contribution in [1.29, 1.82) is 0 Å². The lowest BCUT2D eigenvalue weighted by molar-refractivity contribution is -0.113. The first-order valence-electron chi connectivity index (χ1n) is 8.17. The van der Waals surface area contributed by atoms with E-state index in [1.165, 1.54) is 17.3 Å². The summed E-state index contributed by atoms with van der Waals surface area (Å²) in [5.74, 6) is 0.312. The lowest BCUT2D eigenvalue weighted by Gasteiger charge is -2.10. The smallest absolute Gasteiger partial charge is 0.234 e. The number of anilines is 1. The molecule has 3 rings (SSSR count). The first-order valence-corrected chi connectivity index (χ1v) is 9.15. The number of hydrogen-bond donors (Lipinski definition) is 1. The van der Waals surface area contributed by atoms with E-state index in [0.29, 0.717) is 5.75 Å². The first kappa shape index (κ1) is 17.3. The zero-order valence-corrected chi connectivity index (χ0v) is 15.2. The van der Waals surface area contributed by atoms with Crippen molar-refractivity contribution in [2.45, 2.75) is 25.5 Å². The van der Waals surface area contributed by atoms with Gasteiger partial charge in [-0.25, -0.2) is 4.98 Å². The van der Waals surface area contributed by atoms with Crippen LogP contribution in [-0.4, -0.2) is 21.2 Å². The average Bonchev–Trinajstić information content (AvgIpc) is 3.04. The minimum Gasteiger partial charge on any atom is -0.325 e. The molecule has 5 heteroatoms. The molecule has 1 aromatic heterocycles. The van der Waals surface area contributed by atoms with Crippen molar-refractivity contribution in [1.82, 2.24) is 9.55 Å². The predicted octanol–water partition coefficient (Wildman–Crippen LogP) is 4.28. The Labute approximate surface area is 152 Å². The van der Waals surface area contributed by atoms with Gasteiger partial charge in [0.15, 0.2) is 5.16 Å². The quantitative estimate of drug-likeness (QED) is 0.674. The highest BCUT2D eigenvalue weighted by Crippen LogP contribution is 2.20. The van der Waals surface area contributed by atoms with E-state index in [0.717, 1.165) is 28.5 Å². The van der Waals surface area contributed by atoms with Crippen molar-refractivity contribution >= 4 is 23.4 Å². The predicted molar refractivity (Wildman–Crippen MR) is 103 cm³/mol. The molecule has 0 saturated carbocycles. The lowest BCUT2D eigenvalue weighted by atomic mass is 10.1. The van der Waals surface area contributed by atoms with Gasteiger partial charge in [0.25, 0.3) is 0 Å². The van der Waals surface area contributed by atoms with E-state index in [-0.39, 0.29) is 5.91 Å². The molecular formula is C20H21N3OS. The SMILES string of the molecule is Cc1ccc(C)c(NC(=O)CSc2nccn2Cc2ccccc2)c1. The molecule has 1 N–H and O–H groups in total. The summed E-state index contributed by atoms with van der Waals surface area (Å²) in [6.07, 6.45) is 3.71. The Morgan fingerprint density at radius 1 is 1.16 bits per heavy atom. The van der Waals surface area contributed by atoms with Gasteiger partial charge in [0.1, 0.15) is 0 Å². The van der Waals surface area contributed by atoms with E-state index < -0.39 is 0 Å². The van der Waals surface area contributed by atoms with Crippen LogP contribution in [0.5, 0.6) is 0 Å². The Morgan fingerprint density at radius 3 is 2.76 bits per heavy atom. The summed E-state index contributed by atoms with van der Waals surface area (Å²) >= 11 is 1.45. The van der Waals surface area contributed by atoms with Crippen LogP contribution in [0.1, 0.15) is 16.7 Å². The number of imidazole rings is 1. The number of aromatic nitrogens is 2. The van der Waals surface area contributed by atoms with Crippen molar-refractivity contribution in [3.05, 3.63) is 77.6 Å². The van der Waals surface area contributed by atoms with Gasteiger partial charge in [0.2, 0.25) is 5.91 Å². The van der Waals surface area contributed by atoms with Crippen LogP contribution in [0.15, 0.2) is 66.1 Å². The third-order valence-corrected chi connectivity index (χ3v) is 4.88. The van der Waals surface area contributed by atoms with Crippen LogP contribution >= 0.6 is 11.8 Å². The van der Waals surface area contributed by atoms with Crippen molar-refractivity contribution in [3.63, 3.8) is 0 Å². The number of carbonyl (C=O) groups is 1. The maximum Gasteiger partial charge on any atom is 0.234 e. The molecular weight excluding hydrogens is 330 g/mol. The van der Waals surface area contributed by atoms with Gasteiger partial charge in [-0.1, -0.05) is 54.2 Å². The fourth-order valence-electron chi connectivity index (χ4n) is 2.52. The summed E-state index contributed by atoms with van der Waals surface area (Å²) in [4.78, 5) is 16.6. The van der Waals surface area contributed by atoms with Crippen molar-refractivity contribution in [3.8, 4) is 0 Å². The number of nitrogens with one attached hydrogen (secondary N) is 1. The van der Waals surface area contributed by atoms with Crippen molar-refractivity contribution in [2.75, 3.05) is 11.1 Å². The molecule has 0 atom stereocenters. The molecule has 0 saturated heterocycles. The maximum atomic E-state index is 12.3.